The zero-order chi connectivity index (χ0) is 23.7. The summed E-state index contributed by atoms with van der Waals surface area (Å²) in [6.45, 7) is 1.39. The minimum atomic E-state index is -1.14. The lowest BCUT2D eigenvalue weighted by atomic mass is 10.0. The molecule has 0 aliphatic rings. The van der Waals surface area contributed by atoms with E-state index >= 15 is 0 Å². The lowest BCUT2D eigenvalue weighted by Crippen LogP contribution is -2.38. The minimum Gasteiger partial charge on any atom is -0.493 e. The number of carboxylic acids is 1. The Balaban J connectivity index is 1.99. The Labute approximate surface area is 189 Å². The molecule has 2 heterocycles. The van der Waals surface area contributed by atoms with Gasteiger partial charge in [0.25, 0.3) is 5.91 Å². The molecule has 170 valence electrons. The standard InChI is InChI=1S/C24H23N3O6/c1-12(24(29)30)25-23(28)17-11-15-14-7-5-6-8-16(14)26-21(15)20(27-17)13-9-18(31-2)22(33-4)19(10-13)32-3/h5-12,26H,1-4H3,(H,25,28)(H,29,30). The van der Waals surface area contributed by atoms with Crippen molar-refractivity contribution in [1.82, 2.24) is 15.3 Å². The third kappa shape index (κ3) is 3.89. The van der Waals surface area contributed by atoms with Crippen LogP contribution in [0, 0.1) is 0 Å². The molecular formula is C24H23N3O6. The number of carboxylic acid groups (broad SMARTS) is 1. The topological polar surface area (TPSA) is 123 Å². The van der Waals surface area contributed by atoms with Gasteiger partial charge in [-0.25, -0.2) is 4.98 Å². The Morgan fingerprint density at radius 3 is 2.27 bits per heavy atom. The van der Waals surface area contributed by atoms with Gasteiger partial charge in [0.15, 0.2) is 11.5 Å². The molecule has 1 atom stereocenters. The molecular weight excluding hydrogens is 426 g/mol. The number of aromatic nitrogens is 2. The Hall–Kier alpha value is -4.27. The van der Waals surface area contributed by atoms with Gasteiger partial charge in [-0.2, -0.15) is 0 Å². The second-order valence-corrected chi connectivity index (χ2v) is 7.40. The van der Waals surface area contributed by atoms with Crippen LogP contribution in [0.5, 0.6) is 17.2 Å². The molecule has 0 bridgehead atoms. The molecule has 33 heavy (non-hydrogen) atoms. The predicted molar refractivity (Wildman–Crippen MR) is 123 cm³/mol. The first kappa shape index (κ1) is 21.9. The van der Waals surface area contributed by atoms with Gasteiger partial charge in [-0.05, 0) is 31.2 Å². The largest absolute Gasteiger partial charge is 0.493 e. The van der Waals surface area contributed by atoms with Crippen LogP contribution in [0.1, 0.15) is 17.4 Å². The lowest BCUT2D eigenvalue weighted by molar-refractivity contribution is -0.138. The third-order valence-corrected chi connectivity index (χ3v) is 5.39. The number of amides is 1. The SMILES string of the molecule is COc1cc(-c2nc(C(=O)NC(C)C(=O)O)cc3c2[nH]c2ccccc23)cc(OC)c1OC. The quantitative estimate of drug-likeness (QED) is 0.394. The highest BCUT2D eigenvalue weighted by Crippen LogP contribution is 2.42. The molecule has 0 saturated heterocycles. The van der Waals surface area contributed by atoms with E-state index in [1.807, 2.05) is 24.3 Å². The van der Waals surface area contributed by atoms with Gasteiger partial charge in [0.2, 0.25) is 5.75 Å². The highest BCUT2D eigenvalue weighted by molar-refractivity contribution is 6.13. The number of ether oxygens (including phenoxy) is 3. The van der Waals surface area contributed by atoms with Crippen LogP contribution in [0.25, 0.3) is 33.1 Å². The molecule has 1 unspecified atom stereocenters. The second-order valence-electron chi connectivity index (χ2n) is 7.40. The zero-order valence-electron chi connectivity index (χ0n) is 18.6. The normalized spacial score (nSPS) is 11.9. The number of rotatable bonds is 7. The number of methoxy groups -OCH3 is 3. The maximum absolute atomic E-state index is 12.9. The zero-order valence-corrected chi connectivity index (χ0v) is 18.6. The molecule has 2 aromatic carbocycles. The molecule has 4 aromatic rings. The molecule has 0 aliphatic heterocycles. The first-order valence-electron chi connectivity index (χ1n) is 10.1. The van der Waals surface area contributed by atoms with Gasteiger partial charge in [0.1, 0.15) is 11.7 Å². The number of carbonyl (C=O) groups is 2. The van der Waals surface area contributed by atoms with Crippen molar-refractivity contribution in [3.8, 4) is 28.5 Å². The predicted octanol–water partition coefficient (Wildman–Crippen LogP) is 3.61. The fourth-order valence-corrected chi connectivity index (χ4v) is 3.72. The van der Waals surface area contributed by atoms with Crippen molar-refractivity contribution < 1.29 is 28.9 Å². The minimum absolute atomic E-state index is 0.0871. The number of carbonyl (C=O) groups excluding carboxylic acids is 1. The average molecular weight is 449 g/mol. The molecule has 2 aromatic heterocycles. The Morgan fingerprint density at radius 1 is 1.00 bits per heavy atom. The van der Waals surface area contributed by atoms with Gasteiger partial charge in [-0.15, -0.1) is 0 Å². The first-order chi connectivity index (χ1) is 15.9. The number of hydrogen-bond donors (Lipinski definition) is 3. The summed E-state index contributed by atoms with van der Waals surface area (Å²) in [5, 5.41) is 13.3. The van der Waals surface area contributed by atoms with E-state index in [0.29, 0.717) is 34.0 Å². The number of fused-ring (bicyclic) bond motifs is 3. The summed E-state index contributed by atoms with van der Waals surface area (Å²) in [5.74, 6) is -0.424. The van der Waals surface area contributed by atoms with Crippen molar-refractivity contribution in [3.63, 3.8) is 0 Å². The molecule has 3 N–H and O–H groups in total. The van der Waals surface area contributed by atoms with E-state index in [-0.39, 0.29) is 5.69 Å². The maximum atomic E-state index is 12.9. The summed E-state index contributed by atoms with van der Waals surface area (Å²) in [4.78, 5) is 32.1. The lowest BCUT2D eigenvalue weighted by Gasteiger charge is -2.15. The monoisotopic (exact) mass is 449 g/mol. The number of pyridine rings is 1. The Morgan fingerprint density at radius 2 is 1.67 bits per heavy atom. The van der Waals surface area contributed by atoms with Gasteiger partial charge in [-0.3, -0.25) is 9.59 Å². The summed E-state index contributed by atoms with van der Waals surface area (Å²) in [6, 6.07) is 11.8. The number of para-hydroxylation sites is 1. The Kier molecular flexibility index (Phi) is 5.78. The van der Waals surface area contributed by atoms with E-state index in [1.54, 1.807) is 18.2 Å². The number of aliphatic carboxylic acids is 1. The van der Waals surface area contributed by atoms with Crippen LogP contribution in [0.3, 0.4) is 0 Å². The third-order valence-electron chi connectivity index (χ3n) is 5.39. The van der Waals surface area contributed by atoms with Gasteiger partial charge >= 0.3 is 5.97 Å². The van der Waals surface area contributed by atoms with E-state index in [4.69, 9.17) is 14.2 Å². The van der Waals surface area contributed by atoms with Crippen LogP contribution >= 0.6 is 0 Å². The summed E-state index contributed by atoms with van der Waals surface area (Å²) in [5.41, 5.74) is 2.79. The molecule has 9 nitrogen and oxygen atoms in total. The molecule has 0 radical (unpaired) electrons. The van der Waals surface area contributed by atoms with E-state index in [0.717, 1.165) is 16.3 Å². The summed E-state index contributed by atoms with van der Waals surface area (Å²) in [7, 11) is 4.55. The molecule has 0 fully saturated rings. The fraction of sp³-hybridized carbons (Fsp3) is 0.208. The molecule has 4 rings (SSSR count). The molecule has 0 spiro atoms. The molecule has 1 amide bonds. The summed E-state index contributed by atoms with van der Waals surface area (Å²) >= 11 is 0. The van der Waals surface area contributed by atoms with Gasteiger partial charge in [0.05, 0.1) is 32.5 Å². The van der Waals surface area contributed by atoms with Crippen molar-refractivity contribution >= 4 is 33.7 Å². The van der Waals surface area contributed by atoms with Crippen LogP contribution in [0.4, 0.5) is 0 Å². The average Bonchev–Trinajstić information content (AvgIpc) is 3.20. The van der Waals surface area contributed by atoms with Gasteiger partial charge < -0.3 is 29.6 Å². The van der Waals surface area contributed by atoms with Crippen molar-refractivity contribution in [2.75, 3.05) is 21.3 Å². The smallest absolute Gasteiger partial charge is 0.325 e. The van der Waals surface area contributed by atoms with Crippen LogP contribution in [-0.2, 0) is 4.79 Å². The van der Waals surface area contributed by atoms with E-state index in [2.05, 4.69) is 15.3 Å². The van der Waals surface area contributed by atoms with E-state index in [1.165, 1.54) is 28.3 Å². The highest BCUT2D eigenvalue weighted by atomic mass is 16.5. The van der Waals surface area contributed by atoms with E-state index < -0.39 is 17.9 Å². The van der Waals surface area contributed by atoms with Crippen LogP contribution in [0.2, 0.25) is 0 Å². The Bertz CT molecular complexity index is 1350. The summed E-state index contributed by atoms with van der Waals surface area (Å²) in [6.07, 6.45) is 0. The number of benzene rings is 2. The molecule has 0 aliphatic carbocycles. The highest BCUT2D eigenvalue weighted by Gasteiger charge is 2.22. The van der Waals surface area contributed by atoms with E-state index in [9.17, 15) is 14.7 Å². The van der Waals surface area contributed by atoms with Crippen LogP contribution < -0.4 is 19.5 Å². The number of nitrogens with zero attached hydrogens (tertiary/aromatic N) is 1. The maximum Gasteiger partial charge on any atom is 0.325 e. The summed E-state index contributed by atoms with van der Waals surface area (Å²) < 4.78 is 16.4. The molecule has 0 saturated carbocycles. The number of nitrogens with one attached hydrogen (secondary N) is 2. The number of H-pyrrole nitrogens is 1. The van der Waals surface area contributed by atoms with Crippen molar-refractivity contribution in [1.29, 1.82) is 0 Å². The first-order valence-corrected chi connectivity index (χ1v) is 10.1. The number of aromatic amines is 1. The van der Waals surface area contributed by atoms with Gasteiger partial charge in [-0.1, -0.05) is 18.2 Å². The van der Waals surface area contributed by atoms with Gasteiger partial charge in [0, 0.05) is 21.9 Å². The van der Waals surface area contributed by atoms with Crippen molar-refractivity contribution in [2.45, 2.75) is 13.0 Å². The second kappa shape index (κ2) is 8.70. The number of hydrogen-bond acceptors (Lipinski definition) is 6. The molecule has 9 heteroatoms. The van der Waals surface area contributed by atoms with Crippen molar-refractivity contribution in [2.24, 2.45) is 0 Å². The fourth-order valence-electron chi connectivity index (χ4n) is 3.72. The van der Waals surface area contributed by atoms with Crippen LogP contribution in [0.15, 0.2) is 42.5 Å². The van der Waals surface area contributed by atoms with Crippen molar-refractivity contribution in [3.05, 3.63) is 48.2 Å². The van der Waals surface area contributed by atoms with Crippen LogP contribution in [-0.4, -0.2) is 54.3 Å².